The first-order valence-corrected chi connectivity index (χ1v) is 7.78. The van der Waals surface area contributed by atoms with E-state index in [4.69, 9.17) is 0 Å². The van der Waals surface area contributed by atoms with Crippen molar-refractivity contribution >= 4 is 22.8 Å². The Bertz CT molecular complexity index is 677. The molecule has 0 spiro atoms. The second-order valence-corrected chi connectivity index (χ2v) is 5.87. The maximum absolute atomic E-state index is 13.8. The highest BCUT2D eigenvalue weighted by molar-refractivity contribution is 7.98. The largest absolute Gasteiger partial charge is 0.278 e. The molecule has 2 atom stereocenters. The molecule has 0 N–H and O–H groups in total. The van der Waals surface area contributed by atoms with Gasteiger partial charge in [0.2, 0.25) is 0 Å². The van der Waals surface area contributed by atoms with Gasteiger partial charge in [0, 0.05) is 12.2 Å². The summed E-state index contributed by atoms with van der Waals surface area (Å²) in [5, 5.41) is 1.01. The predicted molar refractivity (Wildman–Crippen MR) is 79.2 cm³/mol. The van der Waals surface area contributed by atoms with Crippen molar-refractivity contribution in [1.29, 1.82) is 0 Å². The van der Waals surface area contributed by atoms with Gasteiger partial charge in [-0.15, -0.1) is 0 Å². The molecule has 2 heterocycles. The van der Waals surface area contributed by atoms with Crippen LogP contribution in [0.25, 0.3) is 11.0 Å². The fourth-order valence-corrected chi connectivity index (χ4v) is 2.51. The highest BCUT2D eigenvalue weighted by Gasteiger charge is 2.24. The van der Waals surface area contributed by atoms with Gasteiger partial charge in [0.15, 0.2) is 10.8 Å². The normalized spacial score (nSPS) is 14.9. The van der Waals surface area contributed by atoms with Gasteiger partial charge in [-0.2, -0.15) is 0 Å². The van der Waals surface area contributed by atoms with Crippen LogP contribution in [0.15, 0.2) is 16.1 Å². The van der Waals surface area contributed by atoms with Gasteiger partial charge in [0.25, 0.3) is 5.56 Å². The number of hydrogen-bond donors (Lipinski definition) is 0. The standard InChI is InChI=1S/C13H19FN4OS/c1-7(2)17-12(19)10-6-15-13(20-5)16-11(10)18(17)9(4)8(3)14/h6-9H,1-5H3/t8-,9?/m1/s1. The lowest BCUT2D eigenvalue weighted by atomic mass is 10.2. The third-order valence-electron chi connectivity index (χ3n) is 3.36. The van der Waals surface area contributed by atoms with E-state index < -0.39 is 12.2 Å². The molecule has 0 saturated heterocycles. The lowest BCUT2D eigenvalue weighted by Crippen LogP contribution is -2.29. The van der Waals surface area contributed by atoms with Crippen LogP contribution < -0.4 is 5.56 Å². The van der Waals surface area contributed by atoms with E-state index in [1.165, 1.54) is 24.9 Å². The SMILES string of the molecule is CSc1ncc2c(=O)n(C(C)C)n(C(C)[C@@H](C)F)c2n1. The molecular formula is C13H19FN4OS. The first-order chi connectivity index (χ1) is 9.38. The smallest absolute Gasteiger partial charge is 0.267 e. The van der Waals surface area contributed by atoms with Crippen molar-refractivity contribution in [3.05, 3.63) is 16.6 Å². The van der Waals surface area contributed by atoms with Crippen LogP contribution in [0, 0.1) is 0 Å². The quantitative estimate of drug-likeness (QED) is 0.643. The summed E-state index contributed by atoms with van der Waals surface area (Å²) in [7, 11) is 0. The van der Waals surface area contributed by atoms with Crippen LogP contribution in [-0.2, 0) is 0 Å². The maximum atomic E-state index is 13.8. The van der Waals surface area contributed by atoms with Crippen molar-refractivity contribution in [3.63, 3.8) is 0 Å². The number of nitrogens with zero attached hydrogens (tertiary/aromatic N) is 4. The zero-order chi connectivity index (χ0) is 15.0. The molecule has 2 aromatic rings. The fourth-order valence-electron chi connectivity index (χ4n) is 2.17. The van der Waals surface area contributed by atoms with Crippen molar-refractivity contribution in [2.75, 3.05) is 6.26 Å². The van der Waals surface area contributed by atoms with Crippen molar-refractivity contribution in [2.45, 2.75) is 51.1 Å². The second kappa shape index (κ2) is 5.55. The van der Waals surface area contributed by atoms with E-state index in [-0.39, 0.29) is 11.6 Å². The summed E-state index contributed by atoms with van der Waals surface area (Å²) in [5.41, 5.74) is 0.329. The average Bonchev–Trinajstić information content (AvgIpc) is 2.70. The minimum Gasteiger partial charge on any atom is -0.267 e. The van der Waals surface area contributed by atoms with Gasteiger partial charge in [-0.3, -0.25) is 9.48 Å². The van der Waals surface area contributed by atoms with Crippen LogP contribution in [0.5, 0.6) is 0 Å². The van der Waals surface area contributed by atoms with Crippen molar-refractivity contribution in [1.82, 2.24) is 19.3 Å². The summed E-state index contributed by atoms with van der Waals surface area (Å²) >= 11 is 1.40. The van der Waals surface area contributed by atoms with Crippen LogP contribution in [0.1, 0.15) is 39.8 Å². The van der Waals surface area contributed by atoms with E-state index in [0.29, 0.717) is 16.2 Å². The number of hydrogen-bond acceptors (Lipinski definition) is 4. The summed E-state index contributed by atoms with van der Waals surface area (Å²) in [4.78, 5) is 21.0. The maximum Gasteiger partial charge on any atom is 0.278 e. The Labute approximate surface area is 121 Å². The number of rotatable bonds is 4. The zero-order valence-electron chi connectivity index (χ0n) is 12.3. The first kappa shape index (κ1) is 15.0. The molecule has 5 nitrogen and oxygen atoms in total. The second-order valence-electron chi connectivity index (χ2n) is 5.10. The summed E-state index contributed by atoms with van der Waals surface area (Å²) in [5.74, 6) is 0. The number of fused-ring (bicyclic) bond motifs is 1. The lowest BCUT2D eigenvalue weighted by Gasteiger charge is -2.22. The molecule has 0 radical (unpaired) electrons. The minimum absolute atomic E-state index is 0.0735. The predicted octanol–water partition coefficient (Wildman–Crippen LogP) is 2.81. The molecular weight excluding hydrogens is 279 g/mol. The summed E-state index contributed by atoms with van der Waals surface area (Å²) in [6.45, 7) is 7.04. The van der Waals surface area contributed by atoms with Crippen LogP contribution in [0.4, 0.5) is 4.39 Å². The number of aromatic nitrogens is 4. The van der Waals surface area contributed by atoms with E-state index in [2.05, 4.69) is 9.97 Å². The van der Waals surface area contributed by atoms with Crippen LogP contribution >= 0.6 is 11.8 Å². The van der Waals surface area contributed by atoms with Gasteiger partial charge in [0.1, 0.15) is 11.6 Å². The molecule has 1 unspecified atom stereocenters. The summed E-state index contributed by atoms with van der Waals surface area (Å²) < 4.78 is 17.0. The topological polar surface area (TPSA) is 52.7 Å². The summed E-state index contributed by atoms with van der Waals surface area (Å²) in [6.07, 6.45) is 2.31. The van der Waals surface area contributed by atoms with E-state index in [1.807, 2.05) is 20.1 Å². The van der Waals surface area contributed by atoms with Crippen molar-refractivity contribution in [3.8, 4) is 0 Å². The van der Waals surface area contributed by atoms with Crippen LogP contribution in [-0.4, -0.2) is 31.8 Å². The number of halogens is 1. The van der Waals surface area contributed by atoms with Gasteiger partial charge >= 0.3 is 0 Å². The molecule has 2 aromatic heterocycles. The van der Waals surface area contributed by atoms with Crippen molar-refractivity contribution in [2.24, 2.45) is 0 Å². The Morgan fingerprint density at radius 2 is 1.90 bits per heavy atom. The van der Waals surface area contributed by atoms with E-state index in [0.717, 1.165) is 0 Å². The highest BCUT2D eigenvalue weighted by atomic mass is 32.2. The Morgan fingerprint density at radius 3 is 2.40 bits per heavy atom. The molecule has 110 valence electrons. The minimum atomic E-state index is -1.08. The Hall–Kier alpha value is -1.37. The molecule has 0 fully saturated rings. The third kappa shape index (κ3) is 2.34. The molecule has 0 aliphatic carbocycles. The fraction of sp³-hybridized carbons (Fsp3) is 0.615. The van der Waals surface area contributed by atoms with Crippen molar-refractivity contribution < 1.29 is 4.39 Å². The van der Waals surface area contributed by atoms with Gasteiger partial charge < -0.3 is 0 Å². The van der Waals surface area contributed by atoms with Gasteiger partial charge in [-0.25, -0.2) is 19.0 Å². The molecule has 0 aliphatic heterocycles. The van der Waals surface area contributed by atoms with E-state index in [9.17, 15) is 9.18 Å². The molecule has 20 heavy (non-hydrogen) atoms. The molecule has 0 saturated carbocycles. The first-order valence-electron chi connectivity index (χ1n) is 6.56. The number of alkyl halides is 1. The Kier molecular flexibility index (Phi) is 4.17. The zero-order valence-corrected chi connectivity index (χ0v) is 13.1. The molecule has 0 bridgehead atoms. The third-order valence-corrected chi connectivity index (χ3v) is 3.92. The Morgan fingerprint density at radius 1 is 1.25 bits per heavy atom. The average molecular weight is 298 g/mol. The van der Waals surface area contributed by atoms with Gasteiger partial charge in [-0.1, -0.05) is 11.8 Å². The molecule has 7 heteroatoms. The van der Waals surface area contributed by atoms with Gasteiger partial charge in [0.05, 0.1) is 6.04 Å². The molecule has 0 aliphatic rings. The Balaban J connectivity index is 2.85. The summed E-state index contributed by atoms with van der Waals surface area (Å²) in [6, 6.07) is -0.539. The lowest BCUT2D eigenvalue weighted by molar-refractivity contribution is 0.225. The highest BCUT2D eigenvalue weighted by Crippen LogP contribution is 2.22. The molecule has 0 aromatic carbocycles. The monoisotopic (exact) mass is 298 g/mol. The van der Waals surface area contributed by atoms with E-state index >= 15 is 0 Å². The van der Waals surface area contributed by atoms with Crippen LogP contribution in [0.3, 0.4) is 0 Å². The van der Waals surface area contributed by atoms with E-state index in [1.54, 1.807) is 16.3 Å². The van der Waals surface area contributed by atoms with Crippen LogP contribution in [0.2, 0.25) is 0 Å². The van der Waals surface area contributed by atoms with Gasteiger partial charge in [-0.05, 0) is 34.0 Å². The molecule has 2 rings (SSSR count). The molecule has 0 amide bonds. The number of thioether (sulfide) groups is 1.